The molecule has 0 rings (SSSR count). The lowest BCUT2D eigenvalue weighted by Crippen LogP contribution is -2.37. The summed E-state index contributed by atoms with van der Waals surface area (Å²) in [5.41, 5.74) is 5.55. The molecule has 4 heteroatoms. The monoisotopic (exact) mass is 203 g/mol. The van der Waals surface area contributed by atoms with E-state index >= 15 is 0 Å². The molecule has 0 spiro atoms. The zero-order valence-corrected chi connectivity index (χ0v) is 9.29. The van der Waals surface area contributed by atoms with E-state index in [0.717, 1.165) is 12.8 Å². The van der Waals surface area contributed by atoms with Crippen molar-refractivity contribution in [3.63, 3.8) is 0 Å². The Kier molecular flexibility index (Phi) is 7.42. The summed E-state index contributed by atoms with van der Waals surface area (Å²) in [6, 6.07) is -0.658. The van der Waals surface area contributed by atoms with Crippen LogP contribution in [0.4, 0.5) is 0 Å². The number of ether oxygens (including phenoxy) is 2. The molecule has 2 unspecified atom stereocenters. The lowest BCUT2D eigenvalue weighted by molar-refractivity contribution is -0.146. The fourth-order valence-electron chi connectivity index (χ4n) is 1.08. The highest BCUT2D eigenvalue weighted by Crippen LogP contribution is 2.01. The highest BCUT2D eigenvalue weighted by atomic mass is 16.5. The first-order chi connectivity index (χ1) is 6.61. The van der Waals surface area contributed by atoms with Crippen molar-refractivity contribution in [3.05, 3.63) is 0 Å². The highest BCUT2D eigenvalue weighted by Gasteiger charge is 2.15. The molecule has 2 atom stereocenters. The first-order valence-corrected chi connectivity index (χ1v) is 5.15. The fourth-order valence-corrected chi connectivity index (χ4v) is 1.08. The summed E-state index contributed by atoms with van der Waals surface area (Å²) >= 11 is 0. The zero-order chi connectivity index (χ0) is 11.0. The molecule has 0 amide bonds. The normalized spacial score (nSPS) is 14.9. The van der Waals surface area contributed by atoms with Gasteiger partial charge in [-0.05, 0) is 20.3 Å². The van der Waals surface area contributed by atoms with E-state index in [9.17, 15) is 4.79 Å². The van der Waals surface area contributed by atoms with Crippen molar-refractivity contribution in [2.24, 2.45) is 5.73 Å². The molecule has 14 heavy (non-hydrogen) atoms. The van der Waals surface area contributed by atoms with E-state index in [4.69, 9.17) is 15.2 Å². The minimum Gasteiger partial charge on any atom is -0.465 e. The average Bonchev–Trinajstić information content (AvgIpc) is 2.15. The number of carbonyl (C=O) groups is 1. The van der Waals surface area contributed by atoms with E-state index in [1.54, 1.807) is 6.92 Å². The van der Waals surface area contributed by atoms with Gasteiger partial charge in [0.1, 0.15) is 6.04 Å². The summed E-state index contributed by atoms with van der Waals surface area (Å²) in [6.45, 7) is 6.41. The molecule has 0 saturated heterocycles. The SMILES string of the molecule is CCCC(C)OCC(N)C(=O)OCC. The largest absolute Gasteiger partial charge is 0.465 e. The Morgan fingerprint density at radius 3 is 2.57 bits per heavy atom. The highest BCUT2D eigenvalue weighted by molar-refractivity contribution is 5.75. The molecule has 0 saturated carbocycles. The summed E-state index contributed by atoms with van der Waals surface area (Å²) in [4.78, 5) is 11.1. The van der Waals surface area contributed by atoms with E-state index < -0.39 is 12.0 Å². The predicted molar refractivity (Wildman–Crippen MR) is 54.9 cm³/mol. The van der Waals surface area contributed by atoms with E-state index in [-0.39, 0.29) is 12.7 Å². The summed E-state index contributed by atoms with van der Waals surface area (Å²) in [5.74, 6) is -0.392. The van der Waals surface area contributed by atoms with Gasteiger partial charge in [-0.2, -0.15) is 0 Å². The quantitative estimate of drug-likeness (QED) is 0.629. The van der Waals surface area contributed by atoms with Crippen LogP contribution < -0.4 is 5.73 Å². The van der Waals surface area contributed by atoms with Crippen LogP contribution in [0.1, 0.15) is 33.6 Å². The fraction of sp³-hybridized carbons (Fsp3) is 0.900. The van der Waals surface area contributed by atoms with Gasteiger partial charge in [-0.15, -0.1) is 0 Å². The van der Waals surface area contributed by atoms with Crippen LogP contribution in [0.2, 0.25) is 0 Å². The van der Waals surface area contributed by atoms with Gasteiger partial charge in [-0.25, -0.2) is 0 Å². The van der Waals surface area contributed by atoms with Crippen LogP contribution >= 0.6 is 0 Å². The first kappa shape index (κ1) is 13.4. The third-order valence-electron chi connectivity index (χ3n) is 1.84. The Bertz CT molecular complexity index is 161. The summed E-state index contributed by atoms with van der Waals surface area (Å²) in [7, 11) is 0. The van der Waals surface area contributed by atoms with Crippen molar-refractivity contribution >= 4 is 5.97 Å². The maximum Gasteiger partial charge on any atom is 0.325 e. The van der Waals surface area contributed by atoms with E-state index in [0.29, 0.717) is 6.61 Å². The second-order valence-corrected chi connectivity index (χ2v) is 3.29. The third kappa shape index (κ3) is 5.94. The van der Waals surface area contributed by atoms with Crippen LogP contribution in [0.5, 0.6) is 0 Å². The molecule has 4 nitrogen and oxygen atoms in total. The number of esters is 1. The van der Waals surface area contributed by atoms with Crippen molar-refractivity contribution in [3.8, 4) is 0 Å². The molecule has 0 aliphatic rings. The summed E-state index contributed by atoms with van der Waals surface area (Å²) in [6.07, 6.45) is 2.20. The van der Waals surface area contributed by atoms with Crippen LogP contribution in [0.3, 0.4) is 0 Å². The smallest absolute Gasteiger partial charge is 0.325 e. The number of nitrogens with two attached hydrogens (primary N) is 1. The van der Waals surface area contributed by atoms with Crippen LogP contribution in [0.15, 0.2) is 0 Å². The molecule has 84 valence electrons. The molecule has 0 aromatic heterocycles. The van der Waals surface area contributed by atoms with Gasteiger partial charge in [-0.1, -0.05) is 13.3 Å². The molecular weight excluding hydrogens is 182 g/mol. The maximum atomic E-state index is 11.1. The molecule has 0 aliphatic carbocycles. The zero-order valence-electron chi connectivity index (χ0n) is 9.29. The van der Waals surface area contributed by atoms with Crippen LogP contribution in [0, 0.1) is 0 Å². The molecule has 2 N–H and O–H groups in total. The Morgan fingerprint density at radius 1 is 1.43 bits per heavy atom. The molecule has 0 aromatic rings. The lowest BCUT2D eigenvalue weighted by Gasteiger charge is -2.15. The van der Waals surface area contributed by atoms with Gasteiger partial charge in [-0.3, -0.25) is 4.79 Å². The van der Waals surface area contributed by atoms with Crippen molar-refractivity contribution in [1.29, 1.82) is 0 Å². The van der Waals surface area contributed by atoms with Gasteiger partial charge in [0.2, 0.25) is 0 Å². The average molecular weight is 203 g/mol. The number of carbonyl (C=O) groups excluding carboxylic acids is 1. The van der Waals surface area contributed by atoms with Crippen LogP contribution in [0.25, 0.3) is 0 Å². The van der Waals surface area contributed by atoms with Crippen molar-refractivity contribution in [2.75, 3.05) is 13.2 Å². The van der Waals surface area contributed by atoms with Crippen LogP contribution in [-0.4, -0.2) is 31.3 Å². The van der Waals surface area contributed by atoms with Gasteiger partial charge in [0.05, 0.1) is 19.3 Å². The minimum atomic E-state index is -0.658. The first-order valence-electron chi connectivity index (χ1n) is 5.15. The minimum absolute atomic E-state index is 0.153. The van der Waals surface area contributed by atoms with E-state index in [1.807, 2.05) is 6.92 Å². The molecule has 0 aliphatic heterocycles. The summed E-state index contributed by atoms with van der Waals surface area (Å²) in [5, 5.41) is 0. The van der Waals surface area contributed by atoms with Gasteiger partial charge in [0.25, 0.3) is 0 Å². The topological polar surface area (TPSA) is 61.5 Å². The second kappa shape index (κ2) is 7.76. The standard InChI is InChI=1S/C10H21NO3/c1-4-6-8(3)14-7-9(11)10(12)13-5-2/h8-9H,4-7,11H2,1-3H3. The number of hydrogen-bond acceptors (Lipinski definition) is 4. The van der Waals surface area contributed by atoms with Gasteiger partial charge < -0.3 is 15.2 Å². The van der Waals surface area contributed by atoms with Crippen molar-refractivity contribution < 1.29 is 14.3 Å². The number of rotatable bonds is 7. The van der Waals surface area contributed by atoms with Gasteiger partial charge >= 0.3 is 5.97 Å². The van der Waals surface area contributed by atoms with Gasteiger partial charge in [0.15, 0.2) is 0 Å². The third-order valence-corrected chi connectivity index (χ3v) is 1.84. The molecule has 0 fully saturated rings. The maximum absolute atomic E-state index is 11.1. The Morgan fingerprint density at radius 2 is 2.07 bits per heavy atom. The Balaban J connectivity index is 3.61. The molecule has 0 radical (unpaired) electrons. The Labute approximate surface area is 85.8 Å². The lowest BCUT2D eigenvalue weighted by atomic mass is 10.2. The molecule has 0 bridgehead atoms. The van der Waals surface area contributed by atoms with E-state index in [2.05, 4.69) is 6.92 Å². The predicted octanol–water partition coefficient (Wildman–Crippen LogP) is 1.08. The summed E-state index contributed by atoms with van der Waals surface area (Å²) < 4.78 is 10.1. The molecular formula is C10H21NO3. The second-order valence-electron chi connectivity index (χ2n) is 3.29. The van der Waals surface area contributed by atoms with Crippen LogP contribution in [-0.2, 0) is 14.3 Å². The van der Waals surface area contributed by atoms with Crippen molar-refractivity contribution in [2.45, 2.75) is 45.8 Å². The number of hydrogen-bond donors (Lipinski definition) is 1. The molecule has 0 heterocycles. The van der Waals surface area contributed by atoms with E-state index in [1.165, 1.54) is 0 Å². The van der Waals surface area contributed by atoms with Gasteiger partial charge in [0, 0.05) is 0 Å². The molecule has 0 aromatic carbocycles. The van der Waals surface area contributed by atoms with Crippen molar-refractivity contribution in [1.82, 2.24) is 0 Å². The Hall–Kier alpha value is -0.610.